The van der Waals surface area contributed by atoms with Crippen molar-refractivity contribution in [3.63, 3.8) is 0 Å². The Bertz CT molecular complexity index is 1750. The third-order valence-electron chi connectivity index (χ3n) is 8.16. The van der Waals surface area contributed by atoms with E-state index in [1.54, 1.807) is 26.8 Å². The summed E-state index contributed by atoms with van der Waals surface area (Å²) in [5.41, 5.74) is -0.686. The second-order valence-corrected chi connectivity index (χ2v) is 12.7. The van der Waals surface area contributed by atoms with Crippen molar-refractivity contribution in [1.82, 2.24) is 34.2 Å². The highest BCUT2D eigenvalue weighted by Crippen LogP contribution is 2.42. The van der Waals surface area contributed by atoms with Crippen molar-refractivity contribution in [3.8, 4) is 17.2 Å². The first-order valence-corrected chi connectivity index (χ1v) is 15.2. The van der Waals surface area contributed by atoms with Crippen molar-refractivity contribution in [2.24, 2.45) is 0 Å². The molecule has 2 aliphatic heterocycles. The zero-order valence-electron chi connectivity index (χ0n) is 26.3. The molecule has 5 heterocycles. The first kappa shape index (κ1) is 31.7. The van der Waals surface area contributed by atoms with E-state index in [1.165, 1.54) is 40.9 Å². The Labute approximate surface area is 263 Å². The lowest BCUT2D eigenvalue weighted by Gasteiger charge is -2.34. The van der Waals surface area contributed by atoms with Crippen LogP contribution in [-0.4, -0.2) is 84.8 Å². The number of nitrogens with zero attached hydrogens (tertiary/aromatic N) is 8. The van der Waals surface area contributed by atoms with Crippen molar-refractivity contribution in [3.05, 3.63) is 47.8 Å². The summed E-state index contributed by atoms with van der Waals surface area (Å²) in [7, 11) is 0. The largest absolute Gasteiger partial charge is 0.444 e. The second kappa shape index (κ2) is 11.8. The molecular weight excluding hydrogens is 608 g/mol. The smallest absolute Gasteiger partial charge is 0.433 e. The fraction of sp³-hybridized carbons (Fsp3) is 0.516. The number of rotatable bonds is 4. The van der Waals surface area contributed by atoms with Gasteiger partial charge >= 0.3 is 12.3 Å². The van der Waals surface area contributed by atoms with Gasteiger partial charge in [-0.05, 0) is 59.6 Å². The Morgan fingerprint density at radius 2 is 1.80 bits per heavy atom. The molecule has 2 fully saturated rings. The lowest BCUT2D eigenvalue weighted by molar-refractivity contribution is -0.144. The van der Waals surface area contributed by atoms with Crippen LogP contribution >= 0.6 is 0 Å². The lowest BCUT2D eigenvalue weighted by Crippen LogP contribution is -2.44. The number of alkyl halides is 3. The number of fused-ring (bicyclic) bond motifs is 1. The number of piperidine rings is 1. The lowest BCUT2D eigenvalue weighted by atomic mass is 10.0. The number of ether oxygens (including phenoxy) is 2. The quantitative estimate of drug-likeness (QED) is 0.252. The molecular formula is C31H36F4N8O3. The molecule has 0 saturated carbocycles. The van der Waals surface area contributed by atoms with E-state index < -0.39 is 35.4 Å². The van der Waals surface area contributed by atoms with E-state index in [2.05, 4.69) is 15.1 Å². The second-order valence-electron chi connectivity index (χ2n) is 12.7. The first-order chi connectivity index (χ1) is 21.7. The number of morpholine rings is 1. The number of aromatic nitrogens is 6. The first-order valence-electron chi connectivity index (χ1n) is 15.2. The number of carbonyl (C=O) groups is 1. The van der Waals surface area contributed by atoms with Crippen molar-refractivity contribution in [2.45, 2.75) is 71.3 Å². The van der Waals surface area contributed by atoms with Crippen LogP contribution in [0.25, 0.3) is 28.2 Å². The summed E-state index contributed by atoms with van der Waals surface area (Å²) < 4.78 is 72.6. The molecule has 4 aromatic rings. The van der Waals surface area contributed by atoms with Crippen LogP contribution in [0, 0.1) is 12.7 Å². The zero-order valence-corrected chi connectivity index (χ0v) is 26.3. The van der Waals surface area contributed by atoms with Gasteiger partial charge in [-0.3, -0.25) is 9.25 Å². The van der Waals surface area contributed by atoms with Crippen LogP contribution in [0.4, 0.5) is 28.2 Å². The maximum Gasteiger partial charge on any atom is 0.433 e. The third-order valence-corrected chi connectivity index (χ3v) is 8.16. The van der Waals surface area contributed by atoms with Crippen molar-refractivity contribution in [1.29, 1.82) is 0 Å². The van der Waals surface area contributed by atoms with Gasteiger partial charge in [-0.25, -0.2) is 19.2 Å². The summed E-state index contributed by atoms with van der Waals surface area (Å²) in [4.78, 5) is 29.7. The van der Waals surface area contributed by atoms with Gasteiger partial charge in [-0.2, -0.15) is 23.3 Å². The minimum atomic E-state index is -4.77. The molecule has 1 aromatic carbocycles. The van der Waals surface area contributed by atoms with Gasteiger partial charge in [0, 0.05) is 31.8 Å². The van der Waals surface area contributed by atoms with Gasteiger partial charge in [-0.15, -0.1) is 0 Å². The van der Waals surface area contributed by atoms with E-state index in [0.29, 0.717) is 36.6 Å². The predicted molar refractivity (Wildman–Crippen MR) is 161 cm³/mol. The molecule has 2 saturated heterocycles. The molecule has 0 bridgehead atoms. The third kappa shape index (κ3) is 6.24. The summed E-state index contributed by atoms with van der Waals surface area (Å²) in [6.07, 6.45) is -3.30. The molecule has 0 radical (unpaired) electrons. The summed E-state index contributed by atoms with van der Waals surface area (Å²) in [6, 6.07) is 4.93. The predicted octanol–water partition coefficient (Wildman–Crippen LogP) is 5.94. The van der Waals surface area contributed by atoms with Gasteiger partial charge in [0.15, 0.2) is 5.69 Å². The van der Waals surface area contributed by atoms with E-state index >= 15 is 13.2 Å². The van der Waals surface area contributed by atoms with Crippen LogP contribution in [0.3, 0.4) is 0 Å². The summed E-state index contributed by atoms with van der Waals surface area (Å²) in [5.74, 6) is 0.0435. The Kier molecular flexibility index (Phi) is 8.15. The molecule has 11 nitrogen and oxygen atoms in total. The average Bonchev–Trinajstić information content (AvgIpc) is 3.57. The fourth-order valence-electron chi connectivity index (χ4n) is 6.03. The highest BCUT2D eigenvalue weighted by molar-refractivity contribution is 5.77. The number of anilines is 1. The highest BCUT2D eigenvalue weighted by atomic mass is 19.4. The number of halogens is 4. The van der Waals surface area contributed by atoms with E-state index in [9.17, 15) is 9.18 Å². The number of likely N-dealkylation sites (tertiary alicyclic amines) is 1. The molecule has 0 unspecified atom stereocenters. The number of carbonyl (C=O) groups excluding carboxylic acids is 1. The maximum absolute atomic E-state index is 15.0. The summed E-state index contributed by atoms with van der Waals surface area (Å²) in [6.45, 7) is 10.6. The Morgan fingerprint density at radius 3 is 2.48 bits per heavy atom. The number of amides is 1. The molecule has 0 spiro atoms. The Balaban J connectivity index is 1.44. The zero-order chi connectivity index (χ0) is 33.0. The van der Waals surface area contributed by atoms with Crippen LogP contribution in [0.2, 0.25) is 0 Å². The van der Waals surface area contributed by atoms with Gasteiger partial charge in [0.25, 0.3) is 0 Å². The van der Waals surface area contributed by atoms with Gasteiger partial charge < -0.3 is 19.3 Å². The van der Waals surface area contributed by atoms with Crippen LogP contribution in [0.5, 0.6) is 0 Å². The molecule has 46 heavy (non-hydrogen) atoms. The van der Waals surface area contributed by atoms with Gasteiger partial charge in [0.2, 0.25) is 5.95 Å². The molecule has 0 N–H and O–H groups in total. The highest BCUT2D eigenvalue weighted by Gasteiger charge is 2.43. The van der Waals surface area contributed by atoms with Crippen molar-refractivity contribution < 1.29 is 31.8 Å². The molecule has 1 atom stereocenters. The standard InChI is InChI=1S/C31H36F4N8O3/c1-18-16-45-13-12-41(18)25-15-23(37-28(38-25)42-17-36-22-14-20(32)6-7-24(22)42)26-19(2)39-43(27(26)31(33,34)35)21-8-10-40(11-9-21)29(44)46-30(3,4)5/h6-7,14-15,17-18,21H,8-13,16H2,1-5H3/t18-/m1/s1. The van der Waals surface area contributed by atoms with E-state index in [4.69, 9.17) is 14.5 Å². The van der Waals surface area contributed by atoms with Gasteiger partial charge in [0.1, 0.15) is 23.6 Å². The normalized spacial score (nSPS) is 18.4. The number of hydrogen-bond acceptors (Lipinski definition) is 8. The average molecular weight is 645 g/mol. The number of aryl methyl sites for hydroxylation is 1. The van der Waals surface area contributed by atoms with Gasteiger partial charge in [0.05, 0.1) is 53.3 Å². The van der Waals surface area contributed by atoms with Gasteiger partial charge in [-0.1, -0.05) is 0 Å². The topological polar surface area (TPSA) is 103 Å². The number of benzene rings is 1. The Morgan fingerprint density at radius 1 is 1.07 bits per heavy atom. The van der Waals surface area contributed by atoms with Crippen LogP contribution < -0.4 is 4.90 Å². The van der Waals surface area contributed by atoms with Crippen molar-refractivity contribution >= 4 is 22.9 Å². The summed E-state index contributed by atoms with van der Waals surface area (Å²) in [5, 5.41) is 4.42. The maximum atomic E-state index is 15.0. The molecule has 15 heteroatoms. The molecule has 2 aliphatic rings. The van der Waals surface area contributed by atoms with Crippen LogP contribution in [-0.2, 0) is 15.7 Å². The SMILES string of the molecule is Cc1nn(C2CCN(C(=O)OC(C)(C)C)CC2)c(C(F)(F)F)c1-c1cc(N2CCOC[C@H]2C)nc(-n2cnc3cc(F)ccc32)n1. The van der Waals surface area contributed by atoms with Crippen molar-refractivity contribution in [2.75, 3.05) is 37.7 Å². The minimum Gasteiger partial charge on any atom is -0.444 e. The van der Waals surface area contributed by atoms with Crippen LogP contribution in [0.15, 0.2) is 30.6 Å². The molecule has 3 aromatic heterocycles. The fourth-order valence-corrected chi connectivity index (χ4v) is 6.03. The van der Waals surface area contributed by atoms with Crippen LogP contribution in [0.1, 0.15) is 58.0 Å². The number of hydrogen-bond donors (Lipinski definition) is 0. The molecule has 246 valence electrons. The molecule has 1 amide bonds. The van der Waals surface area contributed by atoms with E-state index in [0.717, 1.165) is 4.68 Å². The Hall–Kier alpha value is -4.27. The van der Waals surface area contributed by atoms with E-state index in [1.807, 2.05) is 11.8 Å². The minimum absolute atomic E-state index is 0.0462. The molecule has 0 aliphatic carbocycles. The van der Waals surface area contributed by atoms with E-state index in [-0.39, 0.29) is 54.9 Å². The molecule has 6 rings (SSSR count). The number of imidazole rings is 1. The summed E-state index contributed by atoms with van der Waals surface area (Å²) >= 11 is 0. The monoisotopic (exact) mass is 644 g/mol.